The Balaban J connectivity index is 2.35. The van der Waals surface area contributed by atoms with Gasteiger partial charge in [-0.25, -0.2) is 0 Å². The molecule has 0 aromatic heterocycles. The minimum absolute atomic E-state index is 0.829. The fourth-order valence-electron chi connectivity index (χ4n) is 2.04. The van der Waals surface area contributed by atoms with E-state index in [1.54, 1.807) is 0 Å². The monoisotopic (exact) mass is 250 g/mol. The van der Waals surface area contributed by atoms with Crippen molar-refractivity contribution in [3.05, 3.63) is 71.8 Å². The third kappa shape index (κ3) is 3.35. The Morgan fingerprint density at radius 2 is 1.16 bits per heavy atom. The summed E-state index contributed by atoms with van der Waals surface area (Å²) in [7, 11) is 0. The van der Waals surface area contributed by atoms with Gasteiger partial charge in [-0.2, -0.15) is 0 Å². The van der Waals surface area contributed by atoms with Crippen molar-refractivity contribution in [1.82, 2.24) is 0 Å². The summed E-state index contributed by atoms with van der Waals surface area (Å²) < 4.78 is 5.93. The summed E-state index contributed by atoms with van der Waals surface area (Å²) in [5.74, 6) is 1.66. The van der Waals surface area contributed by atoms with Crippen LogP contribution in [0.1, 0.15) is 22.3 Å². The quantitative estimate of drug-likeness (QED) is 0.707. The normalized spacial score (nSPS) is 10.0. The molecule has 0 aliphatic rings. The van der Waals surface area contributed by atoms with Crippen molar-refractivity contribution in [2.24, 2.45) is 0 Å². The van der Waals surface area contributed by atoms with E-state index in [1.807, 2.05) is 50.3 Å². The van der Waals surface area contributed by atoms with Gasteiger partial charge in [0.05, 0.1) is 0 Å². The van der Waals surface area contributed by atoms with Crippen molar-refractivity contribution in [2.45, 2.75) is 13.8 Å². The molecule has 0 N–H and O–H groups in total. The summed E-state index contributed by atoms with van der Waals surface area (Å²) in [6, 6.07) is 12.1. The van der Waals surface area contributed by atoms with E-state index in [9.17, 15) is 0 Å². The lowest BCUT2D eigenvalue weighted by Crippen LogP contribution is -1.88. The van der Waals surface area contributed by atoms with Gasteiger partial charge >= 0.3 is 0 Å². The topological polar surface area (TPSA) is 9.23 Å². The molecule has 0 saturated carbocycles. The molecule has 0 saturated heterocycles. The molecule has 2 aromatic rings. The summed E-state index contributed by atoms with van der Waals surface area (Å²) in [4.78, 5) is 0. The van der Waals surface area contributed by atoms with Gasteiger partial charge in [0, 0.05) is 0 Å². The van der Waals surface area contributed by atoms with Crippen molar-refractivity contribution >= 4 is 12.2 Å². The maximum absolute atomic E-state index is 5.93. The Morgan fingerprint density at radius 3 is 1.53 bits per heavy atom. The van der Waals surface area contributed by atoms with Crippen LogP contribution in [0, 0.1) is 13.8 Å². The molecule has 1 nitrogen and oxygen atoms in total. The molecule has 96 valence electrons. The molecule has 0 spiro atoms. The highest BCUT2D eigenvalue weighted by Crippen LogP contribution is 2.26. The number of aryl methyl sites for hydroxylation is 2. The van der Waals surface area contributed by atoms with Gasteiger partial charge in [0.25, 0.3) is 0 Å². The van der Waals surface area contributed by atoms with E-state index in [0.29, 0.717) is 0 Å². The van der Waals surface area contributed by atoms with Crippen LogP contribution in [0.4, 0.5) is 0 Å². The molecular weight excluding hydrogens is 232 g/mol. The summed E-state index contributed by atoms with van der Waals surface area (Å²) in [6.07, 6.45) is 3.65. The van der Waals surface area contributed by atoms with Crippen molar-refractivity contribution in [2.75, 3.05) is 0 Å². The first kappa shape index (κ1) is 13.2. The molecule has 0 unspecified atom stereocenters. The highest BCUT2D eigenvalue weighted by atomic mass is 16.5. The van der Waals surface area contributed by atoms with Crippen LogP contribution >= 0.6 is 0 Å². The van der Waals surface area contributed by atoms with Gasteiger partial charge in [-0.15, -0.1) is 0 Å². The van der Waals surface area contributed by atoms with Gasteiger partial charge < -0.3 is 4.74 Å². The highest BCUT2D eigenvalue weighted by molar-refractivity contribution is 5.54. The van der Waals surface area contributed by atoms with Crippen molar-refractivity contribution < 1.29 is 4.74 Å². The Morgan fingerprint density at radius 1 is 0.737 bits per heavy atom. The molecule has 2 rings (SSSR count). The molecule has 1 heteroatoms. The number of hydrogen-bond donors (Lipinski definition) is 0. The molecule has 0 heterocycles. The predicted molar refractivity (Wildman–Crippen MR) is 82.6 cm³/mol. The molecule has 0 atom stereocenters. The van der Waals surface area contributed by atoms with Gasteiger partial charge in [-0.1, -0.05) is 37.4 Å². The number of benzene rings is 2. The van der Waals surface area contributed by atoms with Gasteiger partial charge in [0.15, 0.2) is 0 Å². The van der Waals surface area contributed by atoms with E-state index >= 15 is 0 Å². The molecule has 19 heavy (non-hydrogen) atoms. The zero-order valence-corrected chi connectivity index (χ0v) is 11.4. The molecule has 0 aliphatic carbocycles. The smallest absolute Gasteiger partial charge is 0.128 e. The summed E-state index contributed by atoms with van der Waals surface area (Å²) >= 11 is 0. The Kier molecular flexibility index (Phi) is 3.86. The van der Waals surface area contributed by atoms with Crippen LogP contribution in [0.2, 0.25) is 0 Å². The zero-order valence-electron chi connectivity index (χ0n) is 11.4. The summed E-state index contributed by atoms with van der Waals surface area (Å²) in [5, 5.41) is 0. The van der Waals surface area contributed by atoms with Crippen LogP contribution in [0.25, 0.3) is 12.2 Å². The van der Waals surface area contributed by atoms with Crippen LogP contribution in [-0.2, 0) is 0 Å². The van der Waals surface area contributed by atoms with Crippen molar-refractivity contribution in [3.63, 3.8) is 0 Å². The summed E-state index contributed by atoms with van der Waals surface area (Å²) in [5.41, 5.74) is 4.44. The average Bonchev–Trinajstić information content (AvgIpc) is 2.37. The first-order chi connectivity index (χ1) is 9.10. The summed E-state index contributed by atoms with van der Waals surface area (Å²) in [6.45, 7) is 11.7. The maximum atomic E-state index is 5.93. The fourth-order valence-corrected chi connectivity index (χ4v) is 2.04. The molecular formula is C18H18O. The molecule has 0 bridgehead atoms. The van der Waals surface area contributed by atoms with E-state index in [-0.39, 0.29) is 0 Å². The Labute approximate surface area is 114 Å². The van der Waals surface area contributed by atoms with Crippen LogP contribution in [-0.4, -0.2) is 0 Å². The Hall–Kier alpha value is -2.28. The standard InChI is InChI=1S/C18H18O/c1-5-15-7-13(3)9-17(11-15)19-18-10-14(4)8-16(6-2)12-18/h5-12H,1-2H2,3-4H3. The second-order valence-corrected chi connectivity index (χ2v) is 4.67. The maximum Gasteiger partial charge on any atom is 0.128 e. The van der Waals surface area contributed by atoms with Crippen LogP contribution in [0.3, 0.4) is 0 Å². The van der Waals surface area contributed by atoms with E-state index in [1.165, 1.54) is 0 Å². The SMILES string of the molecule is C=Cc1cc(C)cc(Oc2cc(C)cc(C=C)c2)c1. The third-order valence-electron chi connectivity index (χ3n) is 2.85. The lowest BCUT2D eigenvalue weighted by molar-refractivity contribution is 0.481. The molecule has 0 fully saturated rings. The van der Waals surface area contributed by atoms with Gasteiger partial charge in [0.2, 0.25) is 0 Å². The van der Waals surface area contributed by atoms with Crippen molar-refractivity contribution in [3.8, 4) is 11.5 Å². The molecule has 0 aliphatic heterocycles. The fraction of sp³-hybridized carbons (Fsp3) is 0.111. The lowest BCUT2D eigenvalue weighted by atomic mass is 10.1. The number of hydrogen-bond acceptors (Lipinski definition) is 1. The second kappa shape index (κ2) is 5.57. The zero-order chi connectivity index (χ0) is 13.8. The van der Waals surface area contributed by atoms with Crippen molar-refractivity contribution in [1.29, 1.82) is 0 Å². The first-order valence-corrected chi connectivity index (χ1v) is 6.27. The predicted octanol–water partition coefficient (Wildman–Crippen LogP) is 5.38. The van der Waals surface area contributed by atoms with Crippen LogP contribution in [0.15, 0.2) is 49.6 Å². The van der Waals surface area contributed by atoms with Gasteiger partial charge in [0.1, 0.15) is 11.5 Å². The molecule has 0 radical (unpaired) electrons. The van der Waals surface area contributed by atoms with E-state index < -0.39 is 0 Å². The molecule has 2 aromatic carbocycles. The molecule has 0 amide bonds. The second-order valence-electron chi connectivity index (χ2n) is 4.67. The number of ether oxygens (including phenoxy) is 1. The van der Waals surface area contributed by atoms with E-state index in [4.69, 9.17) is 4.74 Å². The van der Waals surface area contributed by atoms with Gasteiger partial charge in [-0.05, 0) is 60.4 Å². The van der Waals surface area contributed by atoms with E-state index in [2.05, 4.69) is 25.3 Å². The average molecular weight is 250 g/mol. The highest BCUT2D eigenvalue weighted by Gasteiger charge is 2.02. The van der Waals surface area contributed by atoms with Crippen LogP contribution in [0.5, 0.6) is 11.5 Å². The van der Waals surface area contributed by atoms with Crippen LogP contribution < -0.4 is 4.74 Å². The van der Waals surface area contributed by atoms with E-state index in [0.717, 1.165) is 33.8 Å². The lowest BCUT2D eigenvalue weighted by Gasteiger charge is -2.09. The number of rotatable bonds is 4. The largest absolute Gasteiger partial charge is 0.457 e. The minimum atomic E-state index is 0.829. The third-order valence-corrected chi connectivity index (χ3v) is 2.85. The first-order valence-electron chi connectivity index (χ1n) is 6.27. The van der Waals surface area contributed by atoms with Gasteiger partial charge in [-0.3, -0.25) is 0 Å². The Bertz CT molecular complexity index is 568. The minimum Gasteiger partial charge on any atom is -0.457 e.